The van der Waals surface area contributed by atoms with Crippen molar-refractivity contribution in [3.05, 3.63) is 59.3 Å². The molecule has 1 heterocycles. The number of hydrogen-bond donors (Lipinski definition) is 2. The number of benzene rings is 1. The fourth-order valence-electron chi connectivity index (χ4n) is 1.59. The van der Waals surface area contributed by atoms with Gasteiger partial charge >= 0.3 is 0 Å². The summed E-state index contributed by atoms with van der Waals surface area (Å²) in [4.78, 5) is 16.0. The fraction of sp³-hybridized carbons (Fsp3) is 0.0667. The van der Waals surface area contributed by atoms with Crippen molar-refractivity contribution >= 4 is 11.7 Å². The lowest BCUT2D eigenvalue weighted by Crippen LogP contribution is -2.13. The van der Waals surface area contributed by atoms with E-state index in [0.717, 1.165) is 12.1 Å². The van der Waals surface area contributed by atoms with E-state index >= 15 is 0 Å². The standard InChI is InChI=1S/C15H11F2N3O/c16-11-7-10(8-12(17)9-11)15(21)20-14-5-1-3-13(19-14)4-2-6-18/h1,3,5,7-9H,6,18H2,(H,19,20,21). The van der Waals surface area contributed by atoms with Gasteiger partial charge in [0.15, 0.2) is 0 Å². The number of aromatic nitrogens is 1. The van der Waals surface area contributed by atoms with Gasteiger partial charge in [-0.15, -0.1) is 0 Å². The fourth-order valence-corrected chi connectivity index (χ4v) is 1.59. The van der Waals surface area contributed by atoms with E-state index in [4.69, 9.17) is 5.73 Å². The minimum Gasteiger partial charge on any atom is -0.320 e. The minimum absolute atomic E-state index is 0.132. The van der Waals surface area contributed by atoms with Crippen LogP contribution in [0.15, 0.2) is 36.4 Å². The smallest absolute Gasteiger partial charge is 0.257 e. The number of carbonyl (C=O) groups excluding carboxylic acids is 1. The van der Waals surface area contributed by atoms with Crippen molar-refractivity contribution < 1.29 is 13.6 Å². The zero-order valence-corrected chi connectivity index (χ0v) is 10.9. The second-order valence-electron chi connectivity index (χ2n) is 4.03. The van der Waals surface area contributed by atoms with Gasteiger partial charge in [-0.05, 0) is 30.2 Å². The zero-order valence-electron chi connectivity index (χ0n) is 10.9. The summed E-state index contributed by atoms with van der Waals surface area (Å²) in [5.41, 5.74) is 5.56. The molecule has 2 rings (SSSR count). The van der Waals surface area contributed by atoms with Gasteiger partial charge in [0.25, 0.3) is 5.91 Å². The first-order valence-electron chi connectivity index (χ1n) is 6.02. The molecule has 0 radical (unpaired) electrons. The average Bonchev–Trinajstić information content (AvgIpc) is 2.44. The van der Waals surface area contributed by atoms with Crippen LogP contribution in [0.2, 0.25) is 0 Å². The second kappa shape index (κ2) is 6.59. The van der Waals surface area contributed by atoms with Crippen LogP contribution in [0.3, 0.4) is 0 Å². The second-order valence-corrected chi connectivity index (χ2v) is 4.03. The van der Waals surface area contributed by atoms with Crippen molar-refractivity contribution in [2.24, 2.45) is 5.73 Å². The van der Waals surface area contributed by atoms with Gasteiger partial charge in [0, 0.05) is 11.6 Å². The Bertz CT molecular complexity index is 715. The molecular weight excluding hydrogens is 276 g/mol. The van der Waals surface area contributed by atoms with Crippen molar-refractivity contribution in [1.82, 2.24) is 4.98 Å². The van der Waals surface area contributed by atoms with Crippen LogP contribution in [0, 0.1) is 23.5 Å². The van der Waals surface area contributed by atoms with Gasteiger partial charge in [-0.2, -0.15) is 0 Å². The van der Waals surface area contributed by atoms with Gasteiger partial charge in [0.2, 0.25) is 0 Å². The van der Waals surface area contributed by atoms with Crippen LogP contribution in [0.5, 0.6) is 0 Å². The van der Waals surface area contributed by atoms with E-state index in [1.807, 2.05) is 0 Å². The molecule has 3 N–H and O–H groups in total. The largest absolute Gasteiger partial charge is 0.320 e. The van der Waals surface area contributed by atoms with Crippen LogP contribution in [0.1, 0.15) is 16.1 Å². The molecule has 0 aliphatic heterocycles. The van der Waals surface area contributed by atoms with E-state index in [-0.39, 0.29) is 17.9 Å². The molecule has 0 saturated heterocycles. The zero-order chi connectivity index (χ0) is 15.2. The Kier molecular flexibility index (Phi) is 4.59. The molecule has 0 aliphatic rings. The molecule has 0 spiro atoms. The number of hydrogen-bond acceptors (Lipinski definition) is 3. The third-order valence-corrected chi connectivity index (χ3v) is 2.43. The van der Waals surface area contributed by atoms with Crippen LogP contribution >= 0.6 is 0 Å². The number of anilines is 1. The molecule has 6 heteroatoms. The molecule has 0 unspecified atom stereocenters. The third-order valence-electron chi connectivity index (χ3n) is 2.43. The third kappa shape index (κ3) is 4.09. The van der Waals surface area contributed by atoms with Crippen LogP contribution in [0.4, 0.5) is 14.6 Å². The molecule has 0 bridgehead atoms. The Labute approximate surface area is 120 Å². The Morgan fingerprint density at radius 3 is 2.62 bits per heavy atom. The number of carbonyl (C=O) groups is 1. The lowest BCUT2D eigenvalue weighted by Gasteiger charge is -2.05. The van der Waals surface area contributed by atoms with E-state index < -0.39 is 17.5 Å². The van der Waals surface area contributed by atoms with E-state index in [0.29, 0.717) is 11.8 Å². The molecule has 0 atom stereocenters. The van der Waals surface area contributed by atoms with Gasteiger partial charge in [0.1, 0.15) is 23.1 Å². The van der Waals surface area contributed by atoms with Gasteiger partial charge in [-0.25, -0.2) is 13.8 Å². The molecule has 106 valence electrons. The first-order chi connectivity index (χ1) is 10.1. The summed E-state index contributed by atoms with van der Waals surface area (Å²) >= 11 is 0. The van der Waals surface area contributed by atoms with Crippen LogP contribution in [-0.2, 0) is 0 Å². The summed E-state index contributed by atoms with van der Waals surface area (Å²) in [5.74, 6) is 3.27. The lowest BCUT2D eigenvalue weighted by atomic mass is 10.2. The molecule has 0 fully saturated rings. The summed E-state index contributed by atoms with van der Waals surface area (Å²) in [6, 6.07) is 7.42. The SMILES string of the molecule is NCC#Cc1cccc(NC(=O)c2cc(F)cc(F)c2)n1. The monoisotopic (exact) mass is 287 g/mol. The topological polar surface area (TPSA) is 68.0 Å². The summed E-state index contributed by atoms with van der Waals surface area (Å²) in [5, 5.41) is 2.45. The number of amides is 1. The van der Waals surface area contributed by atoms with Crippen molar-refractivity contribution in [3.63, 3.8) is 0 Å². The number of pyridine rings is 1. The number of nitrogens with zero attached hydrogens (tertiary/aromatic N) is 1. The van der Waals surface area contributed by atoms with E-state index in [9.17, 15) is 13.6 Å². The molecule has 4 nitrogen and oxygen atoms in total. The summed E-state index contributed by atoms with van der Waals surface area (Å²) in [6.45, 7) is 0.195. The van der Waals surface area contributed by atoms with Gasteiger partial charge < -0.3 is 11.1 Å². The van der Waals surface area contributed by atoms with Crippen molar-refractivity contribution in [3.8, 4) is 11.8 Å². The average molecular weight is 287 g/mol. The maximum absolute atomic E-state index is 13.1. The Hall–Kier alpha value is -2.78. The van der Waals surface area contributed by atoms with E-state index in [1.54, 1.807) is 18.2 Å². The van der Waals surface area contributed by atoms with Crippen LogP contribution in [-0.4, -0.2) is 17.4 Å². The number of nitrogens with two attached hydrogens (primary N) is 1. The summed E-state index contributed by atoms with van der Waals surface area (Å²) in [6.07, 6.45) is 0. The molecule has 2 aromatic rings. The highest BCUT2D eigenvalue weighted by Crippen LogP contribution is 2.11. The lowest BCUT2D eigenvalue weighted by molar-refractivity contribution is 0.102. The highest BCUT2D eigenvalue weighted by molar-refractivity contribution is 6.03. The Morgan fingerprint density at radius 2 is 1.95 bits per heavy atom. The normalized spacial score (nSPS) is 9.67. The van der Waals surface area contributed by atoms with Gasteiger partial charge in [-0.3, -0.25) is 4.79 Å². The number of rotatable bonds is 2. The first kappa shape index (κ1) is 14.6. The maximum atomic E-state index is 13.1. The molecule has 21 heavy (non-hydrogen) atoms. The molecule has 0 saturated carbocycles. The van der Waals surface area contributed by atoms with Gasteiger partial charge in [0.05, 0.1) is 6.54 Å². The maximum Gasteiger partial charge on any atom is 0.257 e. The minimum atomic E-state index is -0.823. The highest BCUT2D eigenvalue weighted by atomic mass is 19.1. The first-order valence-corrected chi connectivity index (χ1v) is 6.02. The molecular formula is C15H11F2N3O. The van der Waals surface area contributed by atoms with Gasteiger partial charge in [-0.1, -0.05) is 12.0 Å². The predicted octanol–water partition coefficient (Wildman–Crippen LogP) is 1.92. The van der Waals surface area contributed by atoms with Crippen molar-refractivity contribution in [2.45, 2.75) is 0 Å². The Balaban J connectivity index is 2.19. The number of nitrogens with one attached hydrogen (secondary N) is 1. The molecule has 0 aliphatic carbocycles. The van der Waals surface area contributed by atoms with E-state index in [1.165, 1.54) is 0 Å². The number of halogens is 2. The quantitative estimate of drug-likeness (QED) is 0.829. The molecule has 1 aromatic carbocycles. The van der Waals surface area contributed by atoms with Crippen LogP contribution in [0.25, 0.3) is 0 Å². The predicted molar refractivity (Wildman–Crippen MR) is 74.5 cm³/mol. The molecule has 1 aromatic heterocycles. The summed E-state index contributed by atoms with van der Waals surface area (Å²) in [7, 11) is 0. The molecule has 1 amide bonds. The van der Waals surface area contributed by atoms with Crippen molar-refractivity contribution in [1.29, 1.82) is 0 Å². The van der Waals surface area contributed by atoms with Crippen molar-refractivity contribution in [2.75, 3.05) is 11.9 Å². The Morgan fingerprint density at radius 1 is 1.24 bits per heavy atom. The highest BCUT2D eigenvalue weighted by Gasteiger charge is 2.10. The summed E-state index contributed by atoms with van der Waals surface area (Å²) < 4.78 is 26.1. The van der Waals surface area contributed by atoms with E-state index in [2.05, 4.69) is 22.1 Å². The van der Waals surface area contributed by atoms with Crippen LogP contribution < -0.4 is 11.1 Å².